The highest BCUT2D eigenvalue weighted by Crippen LogP contribution is 2.55. The first-order valence-electron chi connectivity index (χ1n) is 16.1. The standard InChI is InChI=1S/C37H41F3N2O7/c1-8-9-21-14-22(15-30(48-7)34(21)49-29-11-10-23(37(38,39)40)16-24(29)42(45)46)31-32-25(17-35(2,3)19-27(32)43)41(12-13-47-6)26-18-36(4,5)20-28(44)33(26)31/h8,10-11,14-16,31H,1,9,12-13,17-20H2,2-7H3. The molecule has 0 saturated heterocycles. The molecule has 0 spiro atoms. The quantitative estimate of drug-likeness (QED) is 0.140. The zero-order valence-electron chi connectivity index (χ0n) is 28.6. The van der Waals surface area contributed by atoms with Gasteiger partial charge >= 0.3 is 11.9 Å². The van der Waals surface area contributed by atoms with Gasteiger partial charge in [-0.15, -0.1) is 6.58 Å². The predicted molar refractivity (Wildman–Crippen MR) is 176 cm³/mol. The monoisotopic (exact) mass is 682 g/mol. The fourth-order valence-corrected chi connectivity index (χ4v) is 7.29. The average Bonchev–Trinajstić information content (AvgIpc) is 2.99. The van der Waals surface area contributed by atoms with Crippen molar-refractivity contribution >= 4 is 17.3 Å². The van der Waals surface area contributed by atoms with Crippen LogP contribution in [-0.2, 0) is 26.9 Å². The van der Waals surface area contributed by atoms with Gasteiger partial charge in [-0.3, -0.25) is 19.7 Å². The van der Waals surface area contributed by atoms with Crippen LogP contribution in [0.1, 0.15) is 76.0 Å². The van der Waals surface area contributed by atoms with Gasteiger partial charge in [-0.1, -0.05) is 39.8 Å². The molecule has 49 heavy (non-hydrogen) atoms. The third-order valence-corrected chi connectivity index (χ3v) is 9.31. The number of carbonyl (C=O) groups excluding carboxylic acids is 2. The number of allylic oxidation sites excluding steroid dienone is 5. The number of Topliss-reactive ketones (excluding diaryl/α,β-unsaturated/α-hetero) is 2. The minimum Gasteiger partial charge on any atom is -0.493 e. The maximum absolute atomic E-state index is 14.2. The summed E-state index contributed by atoms with van der Waals surface area (Å²) >= 11 is 0. The van der Waals surface area contributed by atoms with Gasteiger partial charge in [-0.05, 0) is 53.9 Å². The summed E-state index contributed by atoms with van der Waals surface area (Å²) in [6.07, 6.45) is -1.24. The molecule has 3 aliphatic rings. The van der Waals surface area contributed by atoms with Crippen molar-refractivity contribution in [3.05, 3.63) is 92.3 Å². The van der Waals surface area contributed by atoms with E-state index < -0.39 is 34.0 Å². The Morgan fingerprint density at radius 2 is 1.55 bits per heavy atom. The van der Waals surface area contributed by atoms with Crippen LogP contribution in [0.3, 0.4) is 0 Å². The van der Waals surface area contributed by atoms with Crippen LogP contribution in [-0.4, -0.2) is 48.8 Å². The number of ether oxygens (including phenoxy) is 3. The molecule has 0 atom stereocenters. The maximum Gasteiger partial charge on any atom is 0.416 e. The Morgan fingerprint density at radius 1 is 0.959 bits per heavy atom. The number of benzene rings is 2. The molecule has 0 N–H and O–H groups in total. The van der Waals surface area contributed by atoms with Crippen molar-refractivity contribution in [3.63, 3.8) is 0 Å². The van der Waals surface area contributed by atoms with Crippen molar-refractivity contribution in [1.29, 1.82) is 0 Å². The lowest BCUT2D eigenvalue weighted by Crippen LogP contribution is -2.45. The van der Waals surface area contributed by atoms with Crippen molar-refractivity contribution in [1.82, 2.24) is 4.90 Å². The third-order valence-electron chi connectivity index (χ3n) is 9.31. The molecule has 0 unspecified atom stereocenters. The van der Waals surface area contributed by atoms with Crippen LogP contribution in [0.2, 0.25) is 0 Å². The molecule has 0 amide bonds. The molecule has 0 bridgehead atoms. The van der Waals surface area contributed by atoms with Crippen LogP contribution < -0.4 is 9.47 Å². The molecule has 2 aromatic rings. The van der Waals surface area contributed by atoms with E-state index in [4.69, 9.17) is 14.2 Å². The number of alkyl halides is 3. The zero-order valence-corrected chi connectivity index (χ0v) is 28.6. The van der Waals surface area contributed by atoms with E-state index in [2.05, 4.69) is 39.2 Å². The summed E-state index contributed by atoms with van der Waals surface area (Å²) in [5.41, 5.74) is 1.15. The molecular formula is C37H41F3N2O7. The number of halogens is 3. The van der Waals surface area contributed by atoms with E-state index in [1.54, 1.807) is 25.3 Å². The second-order valence-corrected chi connectivity index (χ2v) is 14.4. The first-order chi connectivity index (χ1) is 22.9. The summed E-state index contributed by atoms with van der Waals surface area (Å²) in [6, 6.07) is 5.45. The van der Waals surface area contributed by atoms with Gasteiger partial charge in [0.05, 0.1) is 24.2 Å². The van der Waals surface area contributed by atoms with E-state index in [0.29, 0.717) is 60.4 Å². The van der Waals surface area contributed by atoms with Crippen molar-refractivity contribution < 1.29 is 41.9 Å². The maximum atomic E-state index is 14.2. The number of methoxy groups -OCH3 is 2. The molecule has 0 saturated carbocycles. The predicted octanol–water partition coefficient (Wildman–Crippen LogP) is 8.48. The van der Waals surface area contributed by atoms with E-state index in [0.717, 1.165) is 17.5 Å². The molecule has 9 nitrogen and oxygen atoms in total. The number of hydrogen-bond donors (Lipinski definition) is 0. The lowest BCUT2D eigenvalue weighted by molar-refractivity contribution is -0.385. The van der Waals surface area contributed by atoms with Gasteiger partial charge in [0.25, 0.3) is 0 Å². The van der Waals surface area contributed by atoms with Gasteiger partial charge in [-0.2, -0.15) is 13.2 Å². The van der Waals surface area contributed by atoms with Crippen molar-refractivity contribution in [3.8, 4) is 17.2 Å². The number of rotatable bonds is 10. The molecular weight excluding hydrogens is 641 g/mol. The van der Waals surface area contributed by atoms with Gasteiger partial charge in [0.15, 0.2) is 23.1 Å². The molecule has 1 heterocycles. The Hall–Kier alpha value is -4.45. The Labute approximate surface area is 283 Å². The molecule has 1 aliphatic heterocycles. The highest BCUT2D eigenvalue weighted by molar-refractivity contribution is 6.07. The number of nitro benzene ring substituents is 1. The van der Waals surface area contributed by atoms with Crippen LogP contribution in [0.5, 0.6) is 17.2 Å². The summed E-state index contributed by atoms with van der Waals surface area (Å²) in [5.74, 6) is -1.09. The zero-order chi connectivity index (χ0) is 36.1. The van der Waals surface area contributed by atoms with Gasteiger partial charge < -0.3 is 19.1 Å². The summed E-state index contributed by atoms with van der Waals surface area (Å²) in [6.45, 7) is 12.9. The molecule has 0 aromatic heterocycles. The molecule has 262 valence electrons. The van der Waals surface area contributed by atoms with Crippen molar-refractivity contribution in [2.75, 3.05) is 27.4 Å². The number of nitro groups is 1. The van der Waals surface area contributed by atoms with E-state index >= 15 is 0 Å². The third kappa shape index (κ3) is 7.01. The van der Waals surface area contributed by atoms with Crippen LogP contribution in [0.4, 0.5) is 18.9 Å². The van der Waals surface area contributed by atoms with Crippen molar-refractivity contribution in [2.24, 2.45) is 10.8 Å². The fourth-order valence-electron chi connectivity index (χ4n) is 7.29. The number of hydrogen-bond acceptors (Lipinski definition) is 8. The Balaban J connectivity index is 1.74. The normalized spacial score (nSPS) is 19.1. The largest absolute Gasteiger partial charge is 0.493 e. The molecule has 2 aromatic carbocycles. The SMILES string of the molecule is C=CCc1cc(C2C3=C(CC(C)(C)CC3=O)N(CCOC)C3=C2C(=O)CC(C)(C)C3)cc(OC)c1Oc1ccc(C(F)(F)F)cc1[N+](=O)[O-]. The number of nitrogens with zero attached hydrogens (tertiary/aromatic N) is 2. The summed E-state index contributed by atoms with van der Waals surface area (Å²) in [5, 5.41) is 11.9. The molecule has 2 aliphatic carbocycles. The van der Waals surface area contributed by atoms with E-state index in [1.807, 2.05) is 0 Å². The summed E-state index contributed by atoms with van der Waals surface area (Å²) in [4.78, 5) is 41.4. The summed E-state index contributed by atoms with van der Waals surface area (Å²) in [7, 11) is 2.98. The second-order valence-electron chi connectivity index (χ2n) is 14.4. The first-order valence-corrected chi connectivity index (χ1v) is 16.1. The minimum absolute atomic E-state index is 0.0437. The molecule has 0 radical (unpaired) electrons. The fraction of sp³-hybridized carbons (Fsp3) is 0.459. The smallest absolute Gasteiger partial charge is 0.416 e. The average molecular weight is 683 g/mol. The number of ketones is 2. The number of carbonyl (C=O) groups is 2. The van der Waals surface area contributed by atoms with Gasteiger partial charge in [0.1, 0.15) is 0 Å². The van der Waals surface area contributed by atoms with Gasteiger partial charge in [0.2, 0.25) is 5.75 Å². The highest BCUT2D eigenvalue weighted by Gasteiger charge is 2.49. The highest BCUT2D eigenvalue weighted by atomic mass is 19.4. The Bertz CT molecular complexity index is 1730. The second kappa shape index (κ2) is 13.1. The Kier molecular flexibility index (Phi) is 9.59. The van der Waals surface area contributed by atoms with Crippen LogP contribution in [0.15, 0.2) is 65.5 Å². The Morgan fingerprint density at radius 3 is 2.04 bits per heavy atom. The topological polar surface area (TPSA) is 108 Å². The van der Waals surface area contributed by atoms with E-state index in [1.165, 1.54) is 7.11 Å². The lowest BCUT2D eigenvalue weighted by Gasteiger charge is -2.49. The minimum atomic E-state index is -4.80. The molecule has 5 rings (SSSR count). The lowest BCUT2D eigenvalue weighted by atomic mass is 9.63. The molecule has 0 fully saturated rings. The van der Waals surface area contributed by atoms with E-state index in [-0.39, 0.29) is 53.2 Å². The first kappa shape index (κ1) is 35.8. The van der Waals surface area contributed by atoms with Gasteiger partial charge in [0, 0.05) is 66.6 Å². The van der Waals surface area contributed by atoms with Crippen molar-refractivity contribution in [2.45, 2.75) is 71.9 Å². The van der Waals surface area contributed by atoms with Gasteiger partial charge in [-0.25, -0.2) is 0 Å². The summed E-state index contributed by atoms with van der Waals surface area (Å²) < 4.78 is 57.4. The van der Waals surface area contributed by atoms with Crippen LogP contribution in [0, 0.1) is 20.9 Å². The molecule has 12 heteroatoms. The van der Waals surface area contributed by atoms with Crippen LogP contribution in [0.25, 0.3) is 0 Å². The van der Waals surface area contributed by atoms with E-state index in [9.17, 15) is 32.9 Å². The van der Waals surface area contributed by atoms with Crippen LogP contribution >= 0.6 is 0 Å².